The van der Waals surface area contributed by atoms with E-state index in [2.05, 4.69) is 15.2 Å². The van der Waals surface area contributed by atoms with Gasteiger partial charge in [-0.2, -0.15) is 0 Å². The molecule has 3 nitrogen and oxygen atoms in total. The molecule has 0 aliphatic rings. The highest BCUT2D eigenvalue weighted by atomic mass is 35.5. The fourth-order valence-electron chi connectivity index (χ4n) is 0.745. The number of nitrogens with zero attached hydrogens (tertiary/aromatic N) is 2. The average molecular weight is 204 g/mol. The van der Waals surface area contributed by atoms with Gasteiger partial charge in [0.05, 0.1) is 5.52 Å². The lowest BCUT2D eigenvalue weighted by Gasteiger charge is -1.85. The SMILES string of the molecule is S=c1[nH]c2cc(Cl)nnc2s1. The van der Waals surface area contributed by atoms with Crippen molar-refractivity contribution in [2.75, 3.05) is 0 Å². The highest BCUT2D eigenvalue weighted by Gasteiger charge is 1.98. The number of halogens is 1. The van der Waals surface area contributed by atoms with E-state index >= 15 is 0 Å². The highest BCUT2D eigenvalue weighted by molar-refractivity contribution is 7.73. The largest absolute Gasteiger partial charge is 0.335 e. The molecule has 0 spiro atoms. The van der Waals surface area contributed by atoms with Crippen molar-refractivity contribution in [2.24, 2.45) is 0 Å². The van der Waals surface area contributed by atoms with Crippen LogP contribution in [0.3, 0.4) is 0 Å². The quantitative estimate of drug-likeness (QED) is 0.669. The van der Waals surface area contributed by atoms with Crippen molar-refractivity contribution in [3.05, 3.63) is 15.2 Å². The minimum atomic E-state index is 0.376. The van der Waals surface area contributed by atoms with Crippen LogP contribution in [0.25, 0.3) is 10.3 Å². The first kappa shape index (κ1) is 7.15. The number of thiazole rings is 1. The maximum atomic E-state index is 5.60. The predicted molar refractivity (Wildman–Crippen MR) is 47.6 cm³/mol. The van der Waals surface area contributed by atoms with Gasteiger partial charge in [-0.25, -0.2) is 0 Å². The van der Waals surface area contributed by atoms with Gasteiger partial charge in [-0.3, -0.25) is 0 Å². The van der Waals surface area contributed by atoms with Crippen LogP contribution in [-0.2, 0) is 0 Å². The average Bonchev–Trinajstić information content (AvgIpc) is 2.27. The Bertz CT molecular complexity index is 446. The van der Waals surface area contributed by atoms with Crippen LogP contribution in [0.5, 0.6) is 0 Å². The molecule has 0 aromatic carbocycles. The molecular formula is C5H2ClN3S2. The van der Waals surface area contributed by atoms with Crippen LogP contribution < -0.4 is 0 Å². The smallest absolute Gasteiger partial charge is 0.165 e. The summed E-state index contributed by atoms with van der Waals surface area (Å²) in [4.78, 5) is 3.74. The Morgan fingerprint density at radius 2 is 2.36 bits per heavy atom. The molecule has 2 heterocycles. The van der Waals surface area contributed by atoms with Crippen LogP contribution in [0.2, 0.25) is 5.15 Å². The lowest BCUT2D eigenvalue weighted by Crippen LogP contribution is -1.79. The first-order chi connectivity index (χ1) is 5.25. The fourth-order valence-corrected chi connectivity index (χ4v) is 1.88. The summed E-state index contributed by atoms with van der Waals surface area (Å²) >= 11 is 11.9. The van der Waals surface area contributed by atoms with E-state index < -0.39 is 0 Å². The van der Waals surface area contributed by atoms with Crippen LogP contribution in [0.1, 0.15) is 0 Å². The first-order valence-electron chi connectivity index (χ1n) is 2.78. The van der Waals surface area contributed by atoms with Gasteiger partial charge in [0.25, 0.3) is 0 Å². The van der Waals surface area contributed by atoms with Gasteiger partial charge >= 0.3 is 0 Å². The number of hydrogen-bond acceptors (Lipinski definition) is 4. The Kier molecular flexibility index (Phi) is 1.63. The van der Waals surface area contributed by atoms with E-state index in [1.165, 1.54) is 11.3 Å². The molecule has 0 unspecified atom stereocenters. The van der Waals surface area contributed by atoms with Gasteiger partial charge < -0.3 is 4.98 Å². The molecule has 56 valence electrons. The van der Waals surface area contributed by atoms with Gasteiger partial charge in [0, 0.05) is 6.07 Å². The Balaban J connectivity index is 2.92. The van der Waals surface area contributed by atoms with Crippen LogP contribution in [0.4, 0.5) is 0 Å². The maximum Gasteiger partial charge on any atom is 0.165 e. The van der Waals surface area contributed by atoms with Gasteiger partial charge in [-0.1, -0.05) is 22.9 Å². The Labute approximate surface area is 76.0 Å². The Morgan fingerprint density at radius 3 is 3.18 bits per heavy atom. The van der Waals surface area contributed by atoms with E-state index in [-0.39, 0.29) is 0 Å². The van der Waals surface area contributed by atoms with Gasteiger partial charge in [0.1, 0.15) is 0 Å². The molecule has 2 rings (SSSR count). The van der Waals surface area contributed by atoms with Crippen LogP contribution in [0, 0.1) is 3.95 Å². The topological polar surface area (TPSA) is 41.6 Å². The summed E-state index contributed by atoms with van der Waals surface area (Å²) in [5.74, 6) is 0. The summed E-state index contributed by atoms with van der Waals surface area (Å²) in [5, 5.41) is 7.90. The number of nitrogens with one attached hydrogen (secondary N) is 1. The number of hydrogen-bond donors (Lipinski definition) is 1. The molecule has 2 aromatic heterocycles. The second-order valence-corrected chi connectivity index (χ2v) is 3.95. The van der Waals surface area contributed by atoms with Crippen LogP contribution >= 0.6 is 35.2 Å². The fraction of sp³-hybridized carbons (Fsp3) is 0. The predicted octanol–water partition coefficient (Wildman–Crippen LogP) is 2.40. The number of rotatable bonds is 0. The zero-order chi connectivity index (χ0) is 7.84. The number of fused-ring (bicyclic) bond motifs is 1. The summed E-state index contributed by atoms with van der Waals surface area (Å²) in [7, 11) is 0. The van der Waals surface area contributed by atoms with Crippen LogP contribution in [0.15, 0.2) is 6.07 Å². The number of aromatic amines is 1. The van der Waals surface area contributed by atoms with Crippen molar-refractivity contribution < 1.29 is 0 Å². The van der Waals surface area contributed by atoms with Crippen molar-refractivity contribution in [1.29, 1.82) is 0 Å². The van der Waals surface area contributed by atoms with Gasteiger partial charge in [0.2, 0.25) is 0 Å². The van der Waals surface area contributed by atoms with E-state index in [9.17, 15) is 0 Å². The monoisotopic (exact) mass is 203 g/mol. The molecule has 0 fully saturated rings. The van der Waals surface area contributed by atoms with Gasteiger partial charge in [-0.05, 0) is 12.2 Å². The summed E-state index contributed by atoms with van der Waals surface area (Å²) in [5.41, 5.74) is 0.847. The van der Waals surface area contributed by atoms with E-state index in [0.717, 1.165) is 10.3 Å². The molecule has 0 radical (unpaired) electrons. The minimum absolute atomic E-state index is 0.376. The normalized spacial score (nSPS) is 10.6. The molecule has 1 N–H and O–H groups in total. The van der Waals surface area contributed by atoms with E-state index in [1.54, 1.807) is 6.07 Å². The van der Waals surface area contributed by atoms with E-state index in [1.807, 2.05) is 0 Å². The van der Waals surface area contributed by atoms with Gasteiger partial charge in [-0.15, -0.1) is 10.2 Å². The standard InChI is InChI=1S/C5H2ClN3S2/c6-3-1-2-4(9-8-3)11-5(10)7-2/h1H,(H,7,10). The minimum Gasteiger partial charge on any atom is -0.335 e. The summed E-state index contributed by atoms with van der Waals surface area (Å²) in [6, 6.07) is 1.70. The maximum absolute atomic E-state index is 5.60. The molecule has 0 bridgehead atoms. The molecule has 0 saturated heterocycles. The molecule has 0 atom stereocenters. The summed E-state index contributed by atoms with van der Waals surface area (Å²) < 4.78 is 0.691. The molecular weight excluding hydrogens is 202 g/mol. The van der Waals surface area contributed by atoms with Crippen molar-refractivity contribution in [3.8, 4) is 0 Å². The van der Waals surface area contributed by atoms with Crippen molar-refractivity contribution >= 4 is 45.5 Å². The first-order valence-corrected chi connectivity index (χ1v) is 4.38. The molecule has 0 aliphatic heterocycles. The number of aromatic nitrogens is 3. The summed E-state index contributed by atoms with van der Waals surface area (Å²) in [6.07, 6.45) is 0. The second kappa shape index (κ2) is 2.51. The third-order valence-corrected chi connectivity index (χ3v) is 2.48. The summed E-state index contributed by atoms with van der Waals surface area (Å²) in [6.45, 7) is 0. The Morgan fingerprint density at radius 1 is 1.55 bits per heavy atom. The molecule has 6 heteroatoms. The zero-order valence-corrected chi connectivity index (χ0v) is 7.56. The van der Waals surface area contributed by atoms with Crippen molar-refractivity contribution in [1.82, 2.24) is 15.2 Å². The van der Waals surface area contributed by atoms with Crippen molar-refractivity contribution in [3.63, 3.8) is 0 Å². The lowest BCUT2D eigenvalue weighted by molar-refractivity contribution is 1.08. The van der Waals surface area contributed by atoms with Gasteiger partial charge in [0.15, 0.2) is 13.9 Å². The van der Waals surface area contributed by atoms with E-state index in [0.29, 0.717) is 9.11 Å². The lowest BCUT2D eigenvalue weighted by atomic mass is 10.5. The molecule has 0 saturated carbocycles. The molecule has 0 aliphatic carbocycles. The number of H-pyrrole nitrogens is 1. The highest BCUT2D eigenvalue weighted by Crippen LogP contribution is 2.17. The molecule has 0 amide bonds. The second-order valence-electron chi connectivity index (χ2n) is 1.90. The third-order valence-electron chi connectivity index (χ3n) is 1.16. The molecule has 2 aromatic rings. The van der Waals surface area contributed by atoms with E-state index in [4.69, 9.17) is 23.8 Å². The van der Waals surface area contributed by atoms with Crippen molar-refractivity contribution in [2.45, 2.75) is 0 Å². The Hall–Kier alpha value is -0.520. The zero-order valence-electron chi connectivity index (χ0n) is 5.17. The molecule has 11 heavy (non-hydrogen) atoms. The third kappa shape index (κ3) is 1.26. The van der Waals surface area contributed by atoms with Crippen LogP contribution in [-0.4, -0.2) is 15.2 Å².